The lowest BCUT2D eigenvalue weighted by atomic mass is 10.0. The van der Waals surface area contributed by atoms with Gasteiger partial charge in [0.1, 0.15) is 12.9 Å². The molecule has 0 spiro atoms. The molecule has 78 valence electrons. The molecule has 1 rings (SSSR count). The van der Waals surface area contributed by atoms with Crippen molar-refractivity contribution in [1.82, 2.24) is 9.97 Å². The summed E-state index contributed by atoms with van der Waals surface area (Å²) in [7, 11) is 0. The Morgan fingerprint density at radius 1 is 1.64 bits per heavy atom. The molecule has 0 aliphatic rings. The highest BCUT2D eigenvalue weighted by Crippen LogP contribution is 2.16. The molecule has 0 fully saturated rings. The number of nitrogens with zero attached hydrogens (tertiary/aromatic N) is 2. The van der Waals surface area contributed by atoms with Gasteiger partial charge in [-0.05, 0) is 35.9 Å². The second-order valence-electron chi connectivity index (χ2n) is 3.47. The van der Waals surface area contributed by atoms with E-state index < -0.39 is 0 Å². The first-order valence-corrected chi connectivity index (χ1v) is 5.50. The lowest BCUT2D eigenvalue weighted by molar-refractivity contribution is 0.217. The number of nitrogens with two attached hydrogens (primary N) is 1. The highest BCUT2D eigenvalue weighted by molar-refractivity contribution is 14.1. The molecule has 1 atom stereocenters. The molecule has 0 aliphatic carbocycles. The van der Waals surface area contributed by atoms with Crippen molar-refractivity contribution in [2.75, 3.05) is 6.61 Å². The van der Waals surface area contributed by atoms with Crippen molar-refractivity contribution in [2.24, 2.45) is 5.73 Å². The van der Waals surface area contributed by atoms with Gasteiger partial charge >= 0.3 is 0 Å². The van der Waals surface area contributed by atoms with Crippen molar-refractivity contribution in [1.29, 1.82) is 0 Å². The van der Waals surface area contributed by atoms with Crippen LogP contribution in [0.3, 0.4) is 0 Å². The third-order valence-corrected chi connectivity index (χ3v) is 2.72. The predicted octanol–water partition coefficient (Wildman–Crippen LogP) is 1.59. The fourth-order valence-electron chi connectivity index (χ4n) is 0.743. The molecule has 1 aromatic heterocycles. The Bertz CT molecular complexity index is 304. The molecule has 14 heavy (non-hydrogen) atoms. The summed E-state index contributed by atoms with van der Waals surface area (Å²) < 4.78 is 6.41. The fourth-order valence-corrected chi connectivity index (χ4v) is 1.20. The molecular weight excluding hydrogens is 293 g/mol. The Hall–Kier alpha value is -0.430. The summed E-state index contributed by atoms with van der Waals surface area (Å²) in [5, 5.41) is 0. The van der Waals surface area contributed by atoms with Crippen LogP contribution in [0, 0.1) is 3.57 Å². The van der Waals surface area contributed by atoms with E-state index in [-0.39, 0.29) is 5.54 Å². The van der Waals surface area contributed by atoms with E-state index in [1.165, 1.54) is 6.33 Å². The first-order valence-electron chi connectivity index (χ1n) is 4.42. The molecule has 0 saturated carbocycles. The van der Waals surface area contributed by atoms with Crippen LogP contribution in [0.25, 0.3) is 0 Å². The largest absolute Gasteiger partial charge is 0.475 e. The maximum absolute atomic E-state index is 5.94. The topological polar surface area (TPSA) is 61.0 Å². The normalized spacial score (nSPS) is 14.9. The smallest absolute Gasteiger partial charge is 0.230 e. The molecule has 1 aromatic rings. The average Bonchev–Trinajstić information content (AvgIpc) is 2.17. The molecule has 0 bridgehead atoms. The summed E-state index contributed by atoms with van der Waals surface area (Å²) in [4.78, 5) is 7.90. The molecule has 0 radical (unpaired) electrons. The fraction of sp³-hybridized carbons (Fsp3) is 0.556. The van der Waals surface area contributed by atoms with Crippen LogP contribution >= 0.6 is 22.6 Å². The third kappa shape index (κ3) is 3.38. The average molecular weight is 307 g/mol. The summed E-state index contributed by atoms with van der Waals surface area (Å²) in [5.41, 5.74) is 5.65. The van der Waals surface area contributed by atoms with Crippen molar-refractivity contribution in [3.63, 3.8) is 0 Å². The van der Waals surface area contributed by atoms with Crippen molar-refractivity contribution in [3.8, 4) is 5.88 Å². The lowest BCUT2D eigenvalue weighted by Crippen LogP contribution is -2.41. The molecule has 0 amide bonds. The van der Waals surface area contributed by atoms with Crippen LogP contribution in [-0.4, -0.2) is 22.1 Å². The summed E-state index contributed by atoms with van der Waals surface area (Å²) >= 11 is 2.13. The number of hydrogen-bond acceptors (Lipinski definition) is 4. The minimum absolute atomic E-state index is 0.298. The van der Waals surface area contributed by atoms with Gasteiger partial charge in [-0.25, -0.2) is 9.97 Å². The van der Waals surface area contributed by atoms with Gasteiger partial charge in [0, 0.05) is 11.7 Å². The summed E-state index contributed by atoms with van der Waals surface area (Å²) in [6, 6.07) is 0. The van der Waals surface area contributed by atoms with Crippen molar-refractivity contribution >= 4 is 22.6 Å². The Morgan fingerprint density at radius 2 is 2.36 bits per heavy atom. The van der Waals surface area contributed by atoms with Crippen LogP contribution in [0.1, 0.15) is 20.3 Å². The van der Waals surface area contributed by atoms with Crippen molar-refractivity contribution in [2.45, 2.75) is 25.8 Å². The molecule has 1 unspecified atom stereocenters. The highest BCUT2D eigenvalue weighted by atomic mass is 127. The van der Waals surface area contributed by atoms with Crippen molar-refractivity contribution < 1.29 is 4.74 Å². The van der Waals surface area contributed by atoms with Gasteiger partial charge in [-0.3, -0.25) is 0 Å². The Labute approximate surface area is 97.4 Å². The Morgan fingerprint density at radius 3 is 2.93 bits per heavy atom. The maximum atomic E-state index is 5.94. The zero-order valence-corrected chi connectivity index (χ0v) is 10.5. The zero-order valence-electron chi connectivity index (χ0n) is 8.33. The van der Waals surface area contributed by atoms with Gasteiger partial charge in [-0.1, -0.05) is 6.92 Å². The zero-order chi connectivity index (χ0) is 10.6. The number of halogens is 1. The molecular formula is C9H14IN3O. The summed E-state index contributed by atoms with van der Waals surface area (Å²) in [5.74, 6) is 0.603. The van der Waals surface area contributed by atoms with Gasteiger partial charge in [-0.15, -0.1) is 0 Å². The molecule has 4 nitrogen and oxygen atoms in total. The maximum Gasteiger partial charge on any atom is 0.230 e. The van der Waals surface area contributed by atoms with Crippen LogP contribution < -0.4 is 10.5 Å². The highest BCUT2D eigenvalue weighted by Gasteiger charge is 2.17. The number of ether oxygens (including phenoxy) is 1. The van der Waals surface area contributed by atoms with E-state index in [1.807, 2.05) is 13.8 Å². The third-order valence-electron chi connectivity index (χ3n) is 1.98. The monoisotopic (exact) mass is 307 g/mol. The second kappa shape index (κ2) is 4.88. The summed E-state index contributed by atoms with van der Waals surface area (Å²) in [6.07, 6.45) is 4.05. The number of rotatable bonds is 4. The Balaban J connectivity index is 2.58. The molecule has 1 heterocycles. The molecule has 0 aliphatic heterocycles. The second-order valence-corrected chi connectivity index (χ2v) is 4.63. The van der Waals surface area contributed by atoms with E-state index in [9.17, 15) is 0 Å². The van der Waals surface area contributed by atoms with Crippen LogP contribution in [0.5, 0.6) is 5.88 Å². The van der Waals surface area contributed by atoms with Gasteiger partial charge in [0.2, 0.25) is 5.88 Å². The van der Waals surface area contributed by atoms with E-state index in [1.54, 1.807) is 6.20 Å². The van der Waals surface area contributed by atoms with E-state index in [0.717, 1.165) is 9.99 Å². The minimum atomic E-state index is -0.298. The standard InChI is InChI=1S/C9H14IN3O/c1-3-9(2,11)5-14-8-7(10)4-12-6-13-8/h4,6H,3,5,11H2,1-2H3. The van der Waals surface area contributed by atoms with Gasteiger partial charge < -0.3 is 10.5 Å². The number of hydrogen-bond donors (Lipinski definition) is 1. The van der Waals surface area contributed by atoms with E-state index in [2.05, 4.69) is 32.6 Å². The lowest BCUT2D eigenvalue weighted by Gasteiger charge is -2.22. The SMILES string of the molecule is CCC(C)(N)COc1ncncc1I. The van der Waals surface area contributed by atoms with E-state index >= 15 is 0 Å². The first kappa shape index (κ1) is 11.6. The Kier molecular flexibility index (Phi) is 4.06. The summed E-state index contributed by atoms with van der Waals surface area (Å²) in [6.45, 7) is 4.46. The van der Waals surface area contributed by atoms with Crippen LogP contribution in [0.4, 0.5) is 0 Å². The van der Waals surface area contributed by atoms with Crippen LogP contribution in [0.15, 0.2) is 12.5 Å². The number of aromatic nitrogens is 2. The van der Waals surface area contributed by atoms with Crippen LogP contribution in [0.2, 0.25) is 0 Å². The molecule has 0 saturated heterocycles. The van der Waals surface area contributed by atoms with Crippen LogP contribution in [-0.2, 0) is 0 Å². The van der Waals surface area contributed by atoms with Crippen molar-refractivity contribution in [3.05, 3.63) is 16.1 Å². The van der Waals surface area contributed by atoms with Gasteiger partial charge in [-0.2, -0.15) is 0 Å². The molecule has 0 aromatic carbocycles. The predicted molar refractivity (Wildman–Crippen MR) is 63.1 cm³/mol. The van der Waals surface area contributed by atoms with Gasteiger partial charge in [0.05, 0.1) is 3.57 Å². The first-order chi connectivity index (χ1) is 6.55. The van der Waals surface area contributed by atoms with E-state index in [0.29, 0.717) is 12.5 Å². The minimum Gasteiger partial charge on any atom is -0.475 e. The molecule has 2 N–H and O–H groups in total. The van der Waals surface area contributed by atoms with E-state index in [4.69, 9.17) is 10.5 Å². The van der Waals surface area contributed by atoms with Gasteiger partial charge in [0.15, 0.2) is 0 Å². The molecule has 5 heteroatoms. The van der Waals surface area contributed by atoms with Gasteiger partial charge in [0.25, 0.3) is 0 Å². The quantitative estimate of drug-likeness (QED) is 0.858.